The van der Waals surface area contributed by atoms with Crippen LogP contribution >= 0.6 is 11.6 Å². The third-order valence-electron chi connectivity index (χ3n) is 4.59. The second-order valence-corrected chi connectivity index (χ2v) is 6.91. The van der Waals surface area contributed by atoms with Crippen molar-refractivity contribution in [1.82, 2.24) is 19.6 Å². The summed E-state index contributed by atoms with van der Waals surface area (Å²) in [6.45, 7) is 0.477. The van der Waals surface area contributed by atoms with Crippen LogP contribution in [0.25, 0.3) is 5.69 Å². The summed E-state index contributed by atoms with van der Waals surface area (Å²) in [6, 6.07) is 2.14. The zero-order valence-electron chi connectivity index (χ0n) is 15.1. The normalized spacial score (nSPS) is 16.5. The Balaban J connectivity index is 1.58. The predicted octanol–water partition coefficient (Wildman–Crippen LogP) is 2.12. The molecule has 0 bridgehead atoms. The first-order valence-corrected chi connectivity index (χ1v) is 9.03. The molecule has 0 saturated carbocycles. The van der Waals surface area contributed by atoms with Crippen molar-refractivity contribution in [3.63, 3.8) is 0 Å². The van der Waals surface area contributed by atoms with Crippen molar-refractivity contribution in [3.8, 4) is 5.69 Å². The first kappa shape index (κ1) is 19.1. The molecule has 29 heavy (non-hydrogen) atoms. The smallest absolute Gasteiger partial charge is 0.292 e. The maximum absolute atomic E-state index is 14.0. The van der Waals surface area contributed by atoms with Gasteiger partial charge in [-0.15, -0.1) is 0 Å². The summed E-state index contributed by atoms with van der Waals surface area (Å²) in [4.78, 5) is 26.8. The molecule has 2 aromatic heterocycles. The number of aromatic nitrogens is 4. The van der Waals surface area contributed by atoms with E-state index in [2.05, 4.69) is 15.5 Å². The SMILES string of the molecule is Cn1cc(N2CCC(Nc3cnn(-c4ccc(F)cc4F)c(=O)c3Cl)C2=O)cn1. The van der Waals surface area contributed by atoms with Gasteiger partial charge in [-0.2, -0.15) is 14.9 Å². The average molecular weight is 421 g/mol. The van der Waals surface area contributed by atoms with Crippen LogP contribution in [0.4, 0.5) is 20.2 Å². The van der Waals surface area contributed by atoms with Gasteiger partial charge in [-0.05, 0) is 18.6 Å². The van der Waals surface area contributed by atoms with E-state index < -0.39 is 23.2 Å². The summed E-state index contributed by atoms with van der Waals surface area (Å²) in [7, 11) is 1.75. The number of amides is 1. The van der Waals surface area contributed by atoms with Crippen molar-refractivity contribution >= 4 is 28.9 Å². The van der Waals surface area contributed by atoms with Gasteiger partial charge in [0.05, 0.1) is 23.8 Å². The molecule has 1 fully saturated rings. The molecule has 0 spiro atoms. The lowest BCUT2D eigenvalue weighted by atomic mass is 10.2. The summed E-state index contributed by atoms with van der Waals surface area (Å²) in [5, 5.41) is 10.6. The lowest BCUT2D eigenvalue weighted by Gasteiger charge is -2.16. The molecule has 1 saturated heterocycles. The Morgan fingerprint density at radius 1 is 1.21 bits per heavy atom. The molecule has 11 heteroatoms. The molecular formula is C18H15ClF2N6O2. The van der Waals surface area contributed by atoms with Crippen molar-refractivity contribution < 1.29 is 13.6 Å². The summed E-state index contributed by atoms with van der Waals surface area (Å²) in [5.74, 6) is -1.92. The number of nitrogens with zero attached hydrogens (tertiary/aromatic N) is 5. The lowest BCUT2D eigenvalue weighted by Crippen LogP contribution is -2.34. The van der Waals surface area contributed by atoms with Gasteiger partial charge in [0.2, 0.25) is 5.91 Å². The van der Waals surface area contributed by atoms with Crippen LogP contribution < -0.4 is 15.8 Å². The molecule has 4 rings (SSSR count). The van der Waals surface area contributed by atoms with Crippen LogP contribution in [-0.4, -0.2) is 38.1 Å². The third-order valence-corrected chi connectivity index (χ3v) is 4.96. The van der Waals surface area contributed by atoms with Crippen LogP contribution in [0.3, 0.4) is 0 Å². The number of anilines is 2. The Kier molecular flexibility index (Phi) is 4.79. The highest BCUT2D eigenvalue weighted by Gasteiger charge is 2.33. The van der Waals surface area contributed by atoms with E-state index in [9.17, 15) is 18.4 Å². The zero-order chi connectivity index (χ0) is 20.7. The fourth-order valence-electron chi connectivity index (χ4n) is 3.16. The molecule has 3 aromatic rings. The highest BCUT2D eigenvalue weighted by atomic mass is 35.5. The Morgan fingerprint density at radius 3 is 2.69 bits per heavy atom. The minimum absolute atomic E-state index is 0.154. The number of carbonyl (C=O) groups excluding carboxylic acids is 1. The van der Waals surface area contributed by atoms with Crippen molar-refractivity contribution in [2.45, 2.75) is 12.5 Å². The van der Waals surface area contributed by atoms with E-state index >= 15 is 0 Å². The molecule has 1 amide bonds. The number of nitrogens with one attached hydrogen (secondary N) is 1. The van der Waals surface area contributed by atoms with E-state index in [1.165, 1.54) is 6.20 Å². The molecule has 0 aliphatic carbocycles. The maximum atomic E-state index is 14.0. The first-order chi connectivity index (χ1) is 13.8. The van der Waals surface area contributed by atoms with Gasteiger partial charge in [-0.3, -0.25) is 14.3 Å². The summed E-state index contributed by atoms with van der Waals surface area (Å²) in [5.41, 5.74) is -0.198. The van der Waals surface area contributed by atoms with Gasteiger partial charge in [0.15, 0.2) is 5.82 Å². The number of halogens is 3. The first-order valence-electron chi connectivity index (χ1n) is 8.65. The molecule has 1 aromatic carbocycles. The average Bonchev–Trinajstić information content (AvgIpc) is 3.26. The van der Waals surface area contributed by atoms with E-state index in [4.69, 9.17) is 11.6 Å². The second-order valence-electron chi connectivity index (χ2n) is 6.53. The number of hydrogen-bond acceptors (Lipinski definition) is 5. The van der Waals surface area contributed by atoms with Crippen LogP contribution in [0, 0.1) is 11.6 Å². The molecule has 8 nitrogen and oxygen atoms in total. The van der Waals surface area contributed by atoms with E-state index in [0.29, 0.717) is 24.7 Å². The van der Waals surface area contributed by atoms with Crippen LogP contribution in [-0.2, 0) is 11.8 Å². The summed E-state index contributed by atoms with van der Waals surface area (Å²) >= 11 is 6.14. The molecule has 3 heterocycles. The molecule has 1 atom stereocenters. The van der Waals surface area contributed by atoms with E-state index in [-0.39, 0.29) is 22.3 Å². The monoisotopic (exact) mass is 420 g/mol. The van der Waals surface area contributed by atoms with Gasteiger partial charge >= 0.3 is 0 Å². The maximum Gasteiger partial charge on any atom is 0.292 e. The molecule has 1 unspecified atom stereocenters. The molecule has 1 aliphatic rings. The van der Waals surface area contributed by atoms with Gasteiger partial charge in [0.25, 0.3) is 5.56 Å². The van der Waals surface area contributed by atoms with Crippen LogP contribution in [0.5, 0.6) is 0 Å². The number of aryl methyl sites for hydroxylation is 1. The number of rotatable bonds is 4. The Morgan fingerprint density at radius 2 is 2.00 bits per heavy atom. The zero-order valence-corrected chi connectivity index (χ0v) is 15.9. The van der Waals surface area contributed by atoms with Gasteiger partial charge in [-0.25, -0.2) is 8.78 Å². The third kappa shape index (κ3) is 3.46. The quantitative estimate of drug-likeness (QED) is 0.698. The minimum Gasteiger partial charge on any atom is -0.371 e. The lowest BCUT2D eigenvalue weighted by molar-refractivity contribution is -0.117. The number of hydrogen-bond donors (Lipinski definition) is 1. The van der Waals surface area contributed by atoms with E-state index in [1.807, 2.05) is 0 Å². The van der Waals surface area contributed by atoms with Crippen molar-refractivity contribution in [2.75, 3.05) is 16.8 Å². The van der Waals surface area contributed by atoms with Crippen LogP contribution in [0.15, 0.2) is 41.6 Å². The molecule has 150 valence electrons. The Labute approximate surface area is 168 Å². The van der Waals surface area contributed by atoms with Crippen molar-refractivity contribution in [3.05, 3.63) is 63.8 Å². The second kappa shape index (κ2) is 7.28. The van der Waals surface area contributed by atoms with Crippen molar-refractivity contribution in [2.24, 2.45) is 7.05 Å². The van der Waals surface area contributed by atoms with Gasteiger partial charge < -0.3 is 10.2 Å². The topological polar surface area (TPSA) is 85.0 Å². The van der Waals surface area contributed by atoms with Gasteiger partial charge in [0.1, 0.15) is 22.6 Å². The summed E-state index contributed by atoms with van der Waals surface area (Å²) in [6.07, 6.45) is 5.03. The Bertz CT molecular complexity index is 1160. The number of benzene rings is 1. The largest absolute Gasteiger partial charge is 0.371 e. The fourth-order valence-corrected chi connectivity index (χ4v) is 3.35. The molecule has 0 radical (unpaired) electrons. The standard InChI is InChI=1S/C18H15ClF2N6O2/c1-25-9-11(7-22-25)26-5-4-13(17(26)28)24-14-8-23-27(18(29)16(14)19)15-3-2-10(20)6-12(15)21/h2-3,6-9,13,24H,4-5H2,1H3. The van der Waals surface area contributed by atoms with Gasteiger partial charge in [0, 0.05) is 25.9 Å². The van der Waals surface area contributed by atoms with Crippen LogP contribution in [0.2, 0.25) is 5.02 Å². The van der Waals surface area contributed by atoms with E-state index in [1.54, 1.807) is 29.0 Å². The van der Waals surface area contributed by atoms with Crippen LogP contribution in [0.1, 0.15) is 6.42 Å². The fraction of sp³-hybridized carbons (Fsp3) is 0.222. The highest BCUT2D eigenvalue weighted by Crippen LogP contribution is 2.25. The van der Waals surface area contributed by atoms with Crippen molar-refractivity contribution in [1.29, 1.82) is 0 Å². The molecule has 1 N–H and O–H groups in total. The molecular weight excluding hydrogens is 406 g/mol. The predicted molar refractivity (Wildman–Crippen MR) is 102 cm³/mol. The highest BCUT2D eigenvalue weighted by molar-refractivity contribution is 6.33. The van der Waals surface area contributed by atoms with Gasteiger partial charge in [-0.1, -0.05) is 11.6 Å². The minimum atomic E-state index is -0.950. The Hall–Kier alpha value is -3.27. The van der Waals surface area contributed by atoms with E-state index in [0.717, 1.165) is 16.8 Å². The summed E-state index contributed by atoms with van der Waals surface area (Å²) < 4.78 is 29.4. The molecule has 1 aliphatic heterocycles. The number of carbonyl (C=O) groups is 1.